The molecule has 0 saturated carbocycles. The molecule has 0 saturated heterocycles. The molecule has 3 aromatic carbocycles. The number of hydrogen-bond donors (Lipinski definition) is 1. The number of hydrogen-bond acceptors (Lipinski definition) is 3. The van der Waals surface area contributed by atoms with Gasteiger partial charge in [-0.2, -0.15) is 0 Å². The van der Waals surface area contributed by atoms with E-state index in [0.717, 1.165) is 21.0 Å². The smallest absolute Gasteiger partial charge is 0.264 e. The van der Waals surface area contributed by atoms with Gasteiger partial charge < -0.3 is 5.32 Å². The number of aryl methyl sites for hydroxylation is 3. The average molecular weight is 443 g/mol. The third-order valence-electron chi connectivity index (χ3n) is 4.85. The zero-order valence-electron chi connectivity index (χ0n) is 17.0. The quantitative estimate of drug-likeness (QED) is 0.577. The van der Waals surface area contributed by atoms with E-state index < -0.39 is 15.9 Å². The van der Waals surface area contributed by atoms with Crippen molar-refractivity contribution in [3.8, 4) is 0 Å². The first kappa shape index (κ1) is 21.9. The predicted octanol–water partition coefficient (Wildman–Crippen LogP) is 5.10. The second-order valence-electron chi connectivity index (χ2n) is 7.11. The Labute approximate surface area is 182 Å². The Morgan fingerprint density at radius 3 is 2.20 bits per heavy atom. The van der Waals surface area contributed by atoms with E-state index in [1.54, 1.807) is 42.5 Å². The van der Waals surface area contributed by atoms with Crippen LogP contribution in [0.25, 0.3) is 0 Å². The first-order valence-electron chi connectivity index (χ1n) is 9.39. The van der Waals surface area contributed by atoms with Crippen LogP contribution < -0.4 is 9.62 Å². The van der Waals surface area contributed by atoms with Crippen molar-refractivity contribution in [3.05, 3.63) is 88.4 Å². The summed E-state index contributed by atoms with van der Waals surface area (Å²) in [6.07, 6.45) is 0. The fraction of sp³-hybridized carbons (Fsp3) is 0.174. The first-order chi connectivity index (χ1) is 14.2. The van der Waals surface area contributed by atoms with Gasteiger partial charge in [0.05, 0.1) is 10.6 Å². The van der Waals surface area contributed by atoms with E-state index in [2.05, 4.69) is 5.32 Å². The summed E-state index contributed by atoms with van der Waals surface area (Å²) in [7, 11) is -3.97. The van der Waals surface area contributed by atoms with Crippen molar-refractivity contribution in [2.75, 3.05) is 16.2 Å². The summed E-state index contributed by atoms with van der Waals surface area (Å²) in [5, 5.41) is 3.21. The fourth-order valence-electron chi connectivity index (χ4n) is 2.92. The largest absolute Gasteiger partial charge is 0.325 e. The minimum absolute atomic E-state index is 0.0978. The number of anilines is 2. The topological polar surface area (TPSA) is 66.5 Å². The monoisotopic (exact) mass is 442 g/mol. The van der Waals surface area contributed by atoms with Crippen LogP contribution in [0.5, 0.6) is 0 Å². The highest BCUT2D eigenvalue weighted by atomic mass is 35.5. The summed E-state index contributed by atoms with van der Waals surface area (Å²) < 4.78 is 27.7. The van der Waals surface area contributed by atoms with E-state index in [1.165, 1.54) is 12.1 Å². The van der Waals surface area contributed by atoms with E-state index in [0.29, 0.717) is 16.4 Å². The molecule has 1 N–H and O–H groups in total. The molecule has 0 aromatic heterocycles. The van der Waals surface area contributed by atoms with Crippen molar-refractivity contribution in [3.63, 3.8) is 0 Å². The molecular formula is C23H23ClN2O3S. The molecule has 0 aliphatic heterocycles. The molecule has 3 aromatic rings. The average Bonchev–Trinajstić information content (AvgIpc) is 2.72. The Morgan fingerprint density at radius 1 is 0.900 bits per heavy atom. The van der Waals surface area contributed by atoms with Gasteiger partial charge in [0.2, 0.25) is 5.91 Å². The molecule has 0 spiro atoms. The molecule has 156 valence electrons. The lowest BCUT2D eigenvalue weighted by Gasteiger charge is -2.24. The van der Waals surface area contributed by atoms with Crippen molar-refractivity contribution < 1.29 is 13.2 Å². The van der Waals surface area contributed by atoms with Gasteiger partial charge in [0.15, 0.2) is 0 Å². The number of carbonyl (C=O) groups is 1. The molecule has 0 bridgehead atoms. The van der Waals surface area contributed by atoms with Gasteiger partial charge in [-0.25, -0.2) is 8.42 Å². The number of amides is 1. The van der Waals surface area contributed by atoms with E-state index in [4.69, 9.17) is 11.6 Å². The Bertz CT molecular complexity index is 1180. The second kappa shape index (κ2) is 8.90. The maximum Gasteiger partial charge on any atom is 0.264 e. The normalized spacial score (nSPS) is 11.2. The lowest BCUT2D eigenvalue weighted by Crippen LogP contribution is -2.38. The minimum Gasteiger partial charge on any atom is -0.325 e. The molecule has 1 amide bonds. The molecule has 3 rings (SSSR count). The van der Waals surface area contributed by atoms with Gasteiger partial charge in [0, 0.05) is 10.7 Å². The minimum atomic E-state index is -3.97. The maximum absolute atomic E-state index is 13.3. The standard InChI is InChI=1S/C23H23ClN2O3S/c1-16-9-11-19(13-18(16)3)25-23(27)15-26(20-12-10-17(2)22(24)14-20)30(28,29)21-7-5-4-6-8-21/h4-14H,15H2,1-3H3,(H,25,27). The van der Waals surface area contributed by atoms with Gasteiger partial charge in [0.25, 0.3) is 10.0 Å². The molecule has 0 atom stereocenters. The zero-order chi connectivity index (χ0) is 21.9. The van der Waals surface area contributed by atoms with Crippen LogP contribution in [0.15, 0.2) is 71.6 Å². The summed E-state index contributed by atoms with van der Waals surface area (Å²) in [5.41, 5.74) is 3.89. The number of carbonyl (C=O) groups excluding carboxylic acids is 1. The highest BCUT2D eigenvalue weighted by Crippen LogP contribution is 2.28. The highest BCUT2D eigenvalue weighted by molar-refractivity contribution is 7.92. The lowest BCUT2D eigenvalue weighted by molar-refractivity contribution is -0.114. The number of benzene rings is 3. The molecule has 0 aliphatic carbocycles. The van der Waals surface area contributed by atoms with Gasteiger partial charge in [-0.05, 0) is 73.9 Å². The Hall–Kier alpha value is -2.83. The summed E-state index contributed by atoms with van der Waals surface area (Å²) in [6, 6.07) is 18.5. The van der Waals surface area contributed by atoms with E-state index in [9.17, 15) is 13.2 Å². The molecule has 5 nitrogen and oxygen atoms in total. The van der Waals surface area contributed by atoms with Crippen LogP contribution >= 0.6 is 11.6 Å². The second-order valence-corrected chi connectivity index (χ2v) is 9.37. The Kier molecular flexibility index (Phi) is 6.48. The van der Waals surface area contributed by atoms with E-state index in [1.807, 2.05) is 32.9 Å². The molecular weight excluding hydrogens is 420 g/mol. The number of rotatable bonds is 6. The first-order valence-corrected chi connectivity index (χ1v) is 11.2. The molecule has 0 unspecified atom stereocenters. The molecule has 0 radical (unpaired) electrons. The van der Waals surface area contributed by atoms with Crippen LogP contribution in [0.1, 0.15) is 16.7 Å². The van der Waals surface area contributed by atoms with E-state index >= 15 is 0 Å². The van der Waals surface area contributed by atoms with Crippen molar-refractivity contribution in [2.45, 2.75) is 25.7 Å². The summed E-state index contributed by atoms with van der Waals surface area (Å²) in [6.45, 7) is 5.37. The molecule has 7 heteroatoms. The maximum atomic E-state index is 13.3. The SMILES string of the molecule is Cc1ccc(NC(=O)CN(c2ccc(C)c(Cl)c2)S(=O)(=O)c2ccccc2)cc1C. The van der Waals surface area contributed by atoms with Crippen LogP contribution in [0.4, 0.5) is 11.4 Å². The highest BCUT2D eigenvalue weighted by Gasteiger charge is 2.27. The predicted molar refractivity (Wildman–Crippen MR) is 122 cm³/mol. The van der Waals surface area contributed by atoms with Gasteiger partial charge in [-0.15, -0.1) is 0 Å². The van der Waals surface area contributed by atoms with Crippen LogP contribution in [-0.4, -0.2) is 20.9 Å². The molecule has 0 fully saturated rings. The summed E-state index contributed by atoms with van der Waals surface area (Å²) in [4.78, 5) is 12.9. The fourth-order valence-corrected chi connectivity index (χ4v) is 4.53. The van der Waals surface area contributed by atoms with E-state index in [-0.39, 0.29) is 11.4 Å². The van der Waals surface area contributed by atoms with Crippen LogP contribution in [-0.2, 0) is 14.8 Å². The number of halogens is 1. The lowest BCUT2D eigenvalue weighted by atomic mass is 10.1. The van der Waals surface area contributed by atoms with Crippen LogP contribution in [0.3, 0.4) is 0 Å². The Morgan fingerprint density at radius 2 is 1.57 bits per heavy atom. The number of sulfonamides is 1. The third kappa shape index (κ3) is 4.83. The number of nitrogens with zero attached hydrogens (tertiary/aromatic N) is 1. The molecule has 30 heavy (non-hydrogen) atoms. The molecule has 0 heterocycles. The third-order valence-corrected chi connectivity index (χ3v) is 7.05. The van der Waals surface area contributed by atoms with Gasteiger partial charge in [0.1, 0.15) is 6.54 Å². The van der Waals surface area contributed by atoms with Crippen molar-refractivity contribution >= 4 is 38.9 Å². The number of nitrogens with one attached hydrogen (secondary N) is 1. The summed E-state index contributed by atoms with van der Waals surface area (Å²) >= 11 is 6.23. The van der Waals surface area contributed by atoms with Crippen molar-refractivity contribution in [2.24, 2.45) is 0 Å². The molecule has 0 aliphatic rings. The van der Waals surface area contributed by atoms with Crippen molar-refractivity contribution in [1.29, 1.82) is 0 Å². The van der Waals surface area contributed by atoms with Crippen LogP contribution in [0, 0.1) is 20.8 Å². The summed E-state index contributed by atoms with van der Waals surface area (Å²) in [5.74, 6) is -0.450. The van der Waals surface area contributed by atoms with Crippen LogP contribution in [0.2, 0.25) is 5.02 Å². The Balaban J connectivity index is 1.95. The van der Waals surface area contributed by atoms with Crippen molar-refractivity contribution in [1.82, 2.24) is 0 Å². The van der Waals surface area contributed by atoms with Gasteiger partial charge in [-0.1, -0.05) is 41.9 Å². The van der Waals surface area contributed by atoms with Gasteiger partial charge in [-0.3, -0.25) is 9.10 Å². The zero-order valence-corrected chi connectivity index (χ0v) is 18.6. The van der Waals surface area contributed by atoms with Gasteiger partial charge >= 0.3 is 0 Å².